The lowest BCUT2D eigenvalue weighted by molar-refractivity contribution is 0.227. The van der Waals surface area contributed by atoms with Crippen LogP contribution in [0.1, 0.15) is 25.8 Å². The van der Waals surface area contributed by atoms with Crippen LogP contribution in [0.15, 0.2) is 24.3 Å². The zero-order chi connectivity index (χ0) is 15.0. The second-order valence-corrected chi connectivity index (χ2v) is 4.99. The Morgan fingerprint density at radius 2 is 2.00 bits per heavy atom. The fraction of sp³-hybridized carbons (Fsp3) is 0.467. The van der Waals surface area contributed by atoms with Crippen LogP contribution in [0.4, 0.5) is 10.5 Å². The van der Waals surface area contributed by atoms with Gasteiger partial charge in [0.15, 0.2) is 0 Å². The predicted molar refractivity (Wildman–Crippen MR) is 78.2 cm³/mol. The number of carbonyl (C=O) groups excluding carboxylic acids is 1. The van der Waals surface area contributed by atoms with Crippen LogP contribution in [-0.2, 0) is 6.42 Å². The van der Waals surface area contributed by atoms with Crippen molar-refractivity contribution in [2.45, 2.75) is 32.7 Å². The van der Waals surface area contributed by atoms with Gasteiger partial charge in [-0.2, -0.15) is 5.26 Å². The van der Waals surface area contributed by atoms with Crippen LogP contribution in [0.2, 0.25) is 0 Å². The molecule has 5 nitrogen and oxygen atoms in total. The molecule has 0 aliphatic heterocycles. The maximum Gasteiger partial charge on any atom is 0.319 e. The lowest BCUT2D eigenvalue weighted by Gasteiger charge is -2.21. The Hall–Kier alpha value is -2.06. The standard InChI is InChI=1S/C15H21N3O2/c1-11(2)14(8-10-19)18-15(20)17-13-5-3-12(4-6-13)7-9-16/h3-6,11,14,19H,7-8,10H2,1-2H3,(H2,17,18,20). The Balaban J connectivity index is 2.55. The van der Waals surface area contributed by atoms with Gasteiger partial charge in [0.2, 0.25) is 0 Å². The molecule has 0 spiro atoms. The number of benzene rings is 1. The average molecular weight is 275 g/mol. The highest BCUT2D eigenvalue weighted by Crippen LogP contribution is 2.11. The number of rotatable bonds is 6. The highest BCUT2D eigenvalue weighted by Gasteiger charge is 2.15. The molecule has 1 aromatic carbocycles. The van der Waals surface area contributed by atoms with Crippen molar-refractivity contribution in [1.29, 1.82) is 5.26 Å². The Labute approximate surface area is 119 Å². The maximum absolute atomic E-state index is 11.9. The van der Waals surface area contributed by atoms with E-state index in [2.05, 4.69) is 16.7 Å². The molecule has 0 saturated heterocycles. The fourth-order valence-corrected chi connectivity index (χ4v) is 1.84. The summed E-state index contributed by atoms with van der Waals surface area (Å²) in [6.07, 6.45) is 0.893. The van der Waals surface area contributed by atoms with Crippen molar-refractivity contribution >= 4 is 11.7 Å². The fourth-order valence-electron chi connectivity index (χ4n) is 1.84. The molecule has 0 aromatic heterocycles. The smallest absolute Gasteiger partial charge is 0.319 e. The van der Waals surface area contributed by atoms with E-state index < -0.39 is 0 Å². The zero-order valence-electron chi connectivity index (χ0n) is 11.9. The van der Waals surface area contributed by atoms with Gasteiger partial charge in [0.25, 0.3) is 0 Å². The van der Waals surface area contributed by atoms with E-state index >= 15 is 0 Å². The van der Waals surface area contributed by atoms with Gasteiger partial charge in [-0.25, -0.2) is 4.79 Å². The van der Waals surface area contributed by atoms with E-state index in [1.54, 1.807) is 12.1 Å². The maximum atomic E-state index is 11.9. The number of hydrogen-bond donors (Lipinski definition) is 3. The molecule has 1 aromatic rings. The number of nitriles is 1. The van der Waals surface area contributed by atoms with Crippen molar-refractivity contribution in [3.8, 4) is 6.07 Å². The highest BCUT2D eigenvalue weighted by atomic mass is 16.3. The van der Waals surface area contributed by atoms with Gasteiger partial charge in [0.1, 0.15) is 0 Å². The number of nitrogens with zero attached hydrogens (tertiary/aromatic N) is 1. The number of anilines is 1. The van der Waals surface area contributed by atoms with Crippen molar-refractivity contribution < 1.29 is 9.90 Å². The van der Waals surface area contributed by atoms with E-state index in [1.807, 2.05) is 26.0 Å². The van der Waals surface area contributed by atoms with E-state index in [0.29, 0.717) is 18.5 Å². The normalized spacial score (nSPS) is 11.8. The Morgan fingerprint density at radius 3 is 2.50 bits per heavy atom. The molecule has 20 heavy (non-hydrogen) atoms. The molecule has 0 bridgehead atoms. The Morgan fingerprint density at radius 1 is 1.35 bits per heavy atom. The molecule has 5 heteroatoms. The first-order chi connectivity index (χ1) is 9.56. The number of nitrogens with one attached hydrogen (secondary N) is 2. The molecule has 0 heterocycles. The molecular formula is C15H21N3O2. The number of amides is 2. The molecule has 0 aliphatic rings. The topological polar surface area (TPSA) is 85.2 Å². The van der Waals surface area contributed by atoms with Crippen molar-refractivity contribution in [3.63, 3.8) is 0 Å². The van der Waals surface area contributed by atoms with Gasteiger partial charge < -0.3 is 15.7 Å². The number of aliphatic hydroxyl groups is 1. The van der Waals surface area contributed by atoms with Crippen LogP contribution in [0, 0.1) is 17.2 Å². The van der Waals surface area contributed by atoms with Crippen molar-refractivity contribution in [2.75, 3.05) is 11.9 Å². The first kappa shape index (κ1) is 16.0. The summed E-state index contributed by atoms with van der Waals surface area (Å²) < 4.78 is 0. The van der Waals surface area contributed by atoms with E-state index in [4.69, 9.17) is 10.4 Å². The average Bonchev–Trinajstić information content (AvgIpc) is 2.40. The Kier molecular flexibility index (Phi) is 6.54. The van der Waals surface area contributed by atoms with Gasteiger partial charge in [-0.1, -0.05) is 26.0 Å². The lowest BCUT2D eigenvalue weighted by Crippen LogP contribution is -2.41. The van der Waals surface area contributed by atoms with Gasteiger partial charge in [-0.05, 0) is 30.0 Å². The summed E-state index contributed by atoms with van der Waals surface area (Å²) in [7, 11) is 0. The van der Waals surface area contributed by atoms with E-state index in [0.717, 1.165) is 5.56 Å². The summed E-state index contributed by atoms with van der Waals surface area (Å²) in [6.45, 7) is 4.04. The molecule has 0 aliphatic carbocycles. The molecule has 0 fully saturated rings. The largest absolute Gasteiger partial charge is 0.396 e. The van der Waals surface area contributed by atoms with Crippen molar-refractivity contribution in [3.05, 3.63) is 29.8 Å². The number of aliphatic hydroxyl groups excluding tert-OH is 1. The van der Waals surface area contributed by atoms with Gasteiger partial charge in [-0.15, -0.1) is 0 Å². The molecule has 108 valence electrons. The summed E-state index contributed by atoms with van der Waals surface area (Å²) in [5.41, 5.74) is 1.59. The number of carbonyl (C=O) groups is 1. The Bertz CT molecular complexity index is 463. The summed E-state index contributed by atoms with van der Waals surface area (Å²) in [4.78, 5) is 11.9. The quantitative estimate of drug-likeness (QED) is 0.744. The van der Waals surface area contributed by atoms with Crippen LogP contribution in [0.25, 0.3) is 0 Å². The van der Waals surface area contributed by atoms with Gasteiger partial charge >= 0.3 is 6.03 Å². The minimum atomic E-state index is -0.287. The SMILES string of the molecule is CC(C)C(CCO)NC(=O)Nc1ccc(CC#N)cc1. The van der Waals surface area contributed by atoms with Crippen LogP contribution < -0.4 is 10.6 Å². The summed E-state index contributed by atoms with van der Waals surface area (Å²) in [6, 6.07) is 8.89. The van der Waals surface area contributed by atoms with Gasteiger partial charge in [0.05, 0.1) is 12.5 Å². The molecular weight excluding hydrogens is 254 g/mol. The third kappa shape index (κ3) is 5.29. The number of hydrogen-bond acceptors (Lipinski definition) is 3. The van der Waals surface area contributed by atoms with Gasteiger partial charge in [0, 0.05) is 18.3 Å². The first-order valence-corrected chi connectivity index (χ1v) is 6.71. The molecule has 0 saturated carbocycles. The summed E-state index contributed by atoms with van der Waals surface area (Å²) in [5, 5.41) is 23.1. The second kappa shape index (κ2) is 8.18. The lowest BCUT2D eigenvalue weighted by atomic mass is 10.0. The summed E-state index contributed by atoms with van der Waals surface area (Å²) in [5.74, 6) is 0.255. The van der Waals surface area contributed by atoms with E-state index in [1.165, 1.54) is 0 Å². The molecule has 2 amide bonds. The van der Waals surface area contributed by atoms with Crippen LogP contribution in [0.5, 0.6) is 0 Å². The molecule has 1 unspecified atom stereocenters. The van der Waals surface area contributed by atoms with Gasteiger partial charge in [-0.3, -0.25) is 0 Å². The number of urea groups is 1. The third-order valence-corrected chi connectivity index (χ3v) is 3.06. The van der Waals surface area contributed by atoms with E-state index in [-0.39, 0.29) is 24.6 Å². The van der Waals surface area contributed by atoms with Crippen LogP contribution in [-0.4, -0.2) is 23.8 Å². The summed E-state index contributed by atoms with van der Waals surface area (Å²) >= 11 is 0. The monoisotopic (exact) mass is 275 g/mol. The van der Waals surface area contributed by atoms with Crippen LogP contribution >= 0.6 is 0 Å². The van der Waals surface area contributed by atoms with Crippen molar-refractivity contribution in [2.24, 2.45) is 5.92 Å². The highest BCUT2D eigenvalue weighted by molar-refractivity contribution is 5.89. The third-order valence-electron chi connectivity index (χ3n) is 3.06. The minimum Gasteiger partial charge on any atom is -0.396 e. The van der Waals surface area contributed by atoms with Crippen molar-refractivity contribution in [1.82, 2.24) is 5.32 Å². The first-order valence-electron chi connectivity index (χ1n) is 6.71. The molecule has 3 N–H and O–H groups in total. The zero-order valence-corrected chi connectivity index (χ0v) is 11.9. The molecule has 0 radical (unpaired) electrons. The predicted octanol–water partition coefficient (Wildman–Crippen LogP) is 2.28. The molecule has 1 rings (SSSR count). The second-order valence-electron chi connectivity index (χ2n) is 4.99. The van der Waals surface area contributed by atoms with E-state index in [9.17, 15) is 4.79 Å². The van der Waals surface area contributed by atoms with Crippen LogP contribution in [0.3, 0.4) is 0 Å². The minimum absolute atomic E-state index is 0.0476. The molecule has 1 atom stereocenters.